The number of para-hydroxylation sites is 1. The number of carbonyl (C=O) groups excluding carboxylic acids is 2. The Morgan fingerprint density at radius 2 is 2.00 bits per heavy atom. The average molecular weight is 413 g/mol. The number of piperidine rings is 1. The molecule has 0 aliphatic carbocycles. The van der Waals surface area contributed by atoms with E-state index >= 15 is 0 Å². The molecule has 0 radical (unpaired) electrons. The number of amides is 1. The fourth-order valence-corrected chi connectivity index (χ4v) is 5.25. The minimum Gasteiger partial charge on any atom is -0.466 e. The molecule has 0 saturated carbocycles. The largest absolute Gasteiger partial charge is 0.466 e. The first-order valence-electron chi connectivity index (χ1n) is 10.1. The predicted octanol–water partition coefficient (Wildman–Crippen LogP) is 3.65. The number of aromatic nitrogens is 1. The maximum Gasteiger partial charge on any atom is 0.310 e. The van der Waals surface area contributed by atoms with Gasteiger partial charge in [-0.25, -0.2) is 0 Å². The standard InChI is InChI=1S/C22H24N2O4S/c1-3-24-17-10-6-5-9-15(17)19-16(20(24)25)12-18(29-19)21(26)23-11-7-8-14(13-23)22(27)28-4-2/h5-6,9-10,12,14H,3-4,7-8,11,13H2,1-2H3/t14-/m0/s1. The first-order chi connectivity index (χ1) is 14.0. The third kappa shape index (κ3) is 3.44. The number of fused-ring (bicyclic) bond motifs is 3. The lowest BCUT2D eigenvalue weighted by Crippen LogP contribution is -2.42. The number of esters is 1. The van der Waals surface area contributed by atoms with Crippen molar-refractivity contribution < 1.29 is 14.3 Å². The zero-order valence-corrected chi connectivity index (χ0v) is 17.5. The van der Waals surface area contributed by atoms with Gasteiger partial charge in [-0.1, -0.05) is 18.2 Å². The van der Waals surface area contributed by atoms with Crippen LogP contribution in [0.3, 0.4) is 0 Å². The summed E-state index contributed by atoms with van der Waals surface area (Å²) in [5, 5.41) is 1.56. The van der Waals surface area contributed by atoms with Crippen molar-refractivity contribution in [2.75, 3.05) is 19.7 Å². The van der Waals surface area contributed by atoms with Crippen LogP contribution in [0.1, 0.15) is 36.4 Å². The molecule has 2 aromatic heterocycles. The van der Waals surface area contributed by atoms with E-state index in [0.717, 1.165) is 28.4 Å². The summed E-state index contributed by atoms with van der Waals surface area (Å²) in [5.74, 6) is -0.634. The first-order valence-corrected chi connectivity index (χ1v) is 10.9. The van der Waals surface area contributed by atoms with E-state index in [0.29, 0.717) is 36.5 Å². The number of aryl methyl sites for hydroxylation is 1. The fourth-order valence-electron chi connectivity index (χ4n) is 4.10. The van der Waals surface area contributed by atoms with E-state index in [1.54, 1.807) is 22.5 Å². The molecule has 1 amide bonds. The second-order valence-electron chi connectivity index (χ2n) is 7.26. The Morgan fingerprint density at radius 3 is 2.76 bits per heavy atom. The number of carbonyl (C=O) groups is 2. The van der Waals surface area contributed by atoms with Crippen molar-refractivity contribution in [2.24, 2.45) is 5.92 Å². The van der Waals surface area contributed by atoms with Gasteiger partial charge in [-0.15, -0.1) is 11.3 Å². The Labute approximate surface area is 172 Å². The van der Waals surface area contributed by atoms with Crippen molar-refractivity contribution >= 4 is 44.2 Å². The molecule has 3 aromatic rings. The zero-order chi connectivity index (χ0) is 20.5. The third-order valence-corrected chi connectivity index (χ3v) is 6.66. The van der Waals surface area contributed by atoms with Crippen molar-refractivity contribution in [3.63, 3.8) is 0 Å². The summed E-state index contributed by atoms with van der Waals surface area (Å²) >= 11 is 1.36. The van der Waals surface area contributed by atoms with E-state index < -0.39 is 0 Å². The number of pyridine rings is 1. The number of ether oxygens (including phenoxy) is 1. The third-order valence-electron chi connectivity index (χ3n) is 5.50. The van der Waals surface area contributed by atoms with E-state index in [9.17, 15) is 14.4 Å². The summed E-state index contributed by atoms with van der Waals surface area (Å²) in [7, 11) is 0. The van der Waals surface area contributed by atoms with Gasteiger partial charge in [-0.3, -0.25) is 14.4 Å². The Hall–Kier alpha value is -2.67. The molecular weight excluding hydrogens is 388 g/mol. The Bertz CT molecular complexity index is 1150. The van der Waals surface area contributed by atoms with E-state index in [2.05, 4.69) is 0 Å². The molecule has 1 fully saturated rings. The van der Waals surface area contributed by atoms with Gasteiger partial charge in [0.15, 0.2) is 0 Å². The maximum absolute atomic E-state index is 13.2. The number of thiophene rings is 1. The maximum atomic E-state index is 13.2. The van der Waals surface area contributed by atoms with Crippen molar-refractivity contribution in [1.29, 1.82) is 0 Å². The number of nitrogens with zero attached hydrogens (tertiary/aromatic N) is 2. The molecule has 1 saturated heterocycles. The van der Waals surface area contributed by atoms with Crippen LogP contribution in [-0.2, 0) is 16.1 Å². The van der Waals surface area contributed by atoms with Crippen LogP contribution in [-0.4, -0.2) is 41.0 Å². The van der Waals surface area contributed by atoms with Crippen LogP contribution in [0.4, 0.5) is 0 Å². The lowest BCUT2D eigenvalue weighted by atomic mass is 9.98. The molecule has 0 bridgehead atoms. The van der Waals surface area contributed by atoms with Gasteiger partial charge >= 0.3 is 5.97 Å². The smallest absolute Gasteiger partial charge is 0.310 e. The molecule has 152 valence electrons. The normalized spacial score (nSPS) is 17.0. The summed E-state index contributed by atoms with van der Waals surface area (Å²) in [6, 6.07) is 9.52. The Kier molecular flexibility index (Phi) is 5.41. The first kappa shape index (κ1) is 19.6. The summed E-state index contributed by atoms with van der Waals surface area (Å²) in [6.45, 7) is 5.63. The number of hydrogen-bond donors (Lipinski definition) is 0. The molecule has 1 aliphatic rings. The molecule has 29 heavy (non-hydrogen) atoms. The van der Waals surface area contributed by atoms with Gasteiger partial charge in [-0.05, 0) is 38.8 Å². The molecule has 0 N–H and O–H groups in total. The molecule has 7 heteroatoms. The topological polar surface area (TPSA) is 68.6 Å². The second kappa shape index (κ2) is 7.99. The highest BCUT2D eigenvalue weighted by molar-refractivity contribution is 7.21. The Balaban J connectivity index is 1.72. The number of benzene rings is 1. The zero-order valence-electron chi connectivity index (χ0n) is 16.6. The summed E-state index contributed by atoms with van der Waals surface area (Å²) < 4.78 is 7.73. The molecule has 1 atom stereocenters. The molecular formula is C22H24N2O4S. The minimum absolute atomic E-state index is 0.0699. The van der Waals surface area contributed by atoms with Crippen molar-refractivity contribution in [3.8, 4) is 0 Å². The van der Waals surface area contributed by atoms with Gasteiger partial charge in [0, 0.05) is 29.7 Å². The van der Waals surface area contributed by atoms with Crippen molar-refractivity contribution in [1.82, 2.24) is 9.47 Å². The van der Waals surface area contributed by atoms with Crippen LogP contribution >= 0.6 is 11.3 Å². The second-order valence-corrected chi connectivity index (χ2v) is 8.31. The lowest BCUT2D eigenvalue weighted by molar-refractivity contribution is -0.149. The van der Waals surface area contributed by atoms with Gasteiger partial charge in [-0.2, -0.15) is 0 Å². The van der Waals surface area contributed by atoms with Crippen molar-refractivity contribution in [3.05, 3.63) is 45.6 Å². The molecule has 1 aromatic carbocycles. The van der Waals surface area contributed by atoms with Gasteiger partial charge < -0.3 is 14.2 Å². The molecule has 6 nitrogen and oxygen atoms in total. The lowest BCUT2D eigenvalue weighted by Gasteiger charge is -2.31. The van der Waals surface area contributed by atoms with Crippen LogP contribution < -0.4 is 5.56 Å². The predicted molar refractivity (Wildman–Crippen MR) is 115 cm³/mol. The molecule has 1 aliphatic heterocycles. The van der Waals surface area contributed by atoms with Crippen LogP contribution in [0.25, 0.3) is 21.0 Å². The van der Waals surface area contributed by atoms with Gasteiger partial charge in [0.2, 0.25) is 0 Å². The van der Waals surface area contributed by atoms with Crippen LogP contribution in [0.2, 0.25) is 0 Å². The number of rotatable bonds is 4. The van der Waals surface area contributed by atoms with Crippen LogP contribution in [0.5, 0.6) is 0 Å². The van der Waals surface area contributed by atoms with Gasteiger partial charge in [0.05, 0.1) is 28.3 Å². The highest BCUT2D eigenvalue weighted by Gasteiger charge is 2.30. The van der Waals surface area contributed by atoms with E-state index in [1.165, 1.54) is 11.3 Å². The fraction of sp³-hybridized carbons (Fsp3) is 0.409. The summed E-state index contributed by atoms with van der Waals surface area (Å²) in [5.41, 5.74) is 0.813. The van der Waals surface area contributed by atoms with Gasteiger partial charge in [0.25, 0.3) is 11.5 Å². The van der Waals surface area contributed by atoms with Crippen LogP contribution in [0, 0.1) is 5.92 Å². The van der Waals surface area contributed by atoms with Gasteiger partial charge in [0.1, 0.15) is 0 Å². The number of likely N-dealkylation sites (tertiary alicyclic amines) is 1. The summed E-state index contributed by atoms with van der Waals surface area (Å²) in [6.07, 6.45) is 1.51. The van der Waals surface area contributed by atoms with Crippen LogP contribution in [0.15, 0.2) is 35.1 Å². The van der Waals surface area contributed by atoms with E-state index in [1.807, 2.05) is 31.2 Å². The minimum atomic E-state index is -0.278. The van der Waals surface area contributed by atoms with E-state index in [4.69, 9.17) is 4.74 Å². The monoisotopic (exact) mass is 412 g/mol. The highest BCUT2D eigenvalue weighted by Crippen LogP contribution is 2.32. The van der Waals surface area contributed by atoms with Crippen molar-refractivity contribution in [2.45, 2.75) is 33.2 Å². The molecule has 4 rings (SSSR count). The molecule has 0 spiro atoms. The molecule has 0 unspecified atom stereocenters. The molecule has 3 heterocycles. The average Bonchev–Trinajstić information content (AvgIpc) is 3.20. The number of hydrogen-bond acceptors (Lipinski definition) is 5. The summed E-state index contributed by atoms with van der Waals surface area (Å²) in [4.78, 5) is 40.5. The Morgan fingerprint density at radius 1 is 1.21 bits per heavy atom. The highest BCUT2D eigenvalue weighted by atomic mass is 32.1. The van der Waals surface area contributed by atoms with E-state index in [-0.39, 0.29) is 23.4 Å². The SMILES string of the molecule is CCOC(=O)[C@H]1CCCN(C(=O)c2cc3c(=O)n(CC)c4ccccc4c3s2)C1. The quantitative estimate of drug-likeness (QED) is 0.614.